The van der Waals surface area contributed by atoms with Crippen molar-refractivity contribution < 1.29 is 13.2 Å². The molecule has 0 N–H and O–H groups in total. The normalized spacial score (nSPS) is 18.3. The van der Waals surface area contributed by atoms with Crippen LogP contribution in [0.1, 0.15) is 42.4 Å². The number of rotatable bonds is 6. The van der Waals surface area contributed by atoms with Gasteiger partial charge >= 0.3 is 0 Å². The molecule has 9 heteroatoms. The lowest BCUT2D eigenvalue weighted by Gasteiger charge is -2.34. The molecular weight excluding hydrogens is 462 g/mol. The van der Waals surface area contributed by atoms with Crippen LogP contribution in [-0.4, -0.2) is 77.2 Å². The predicted molar refractivity (Wildman–Crippen MR) is 136 cm³/mol. The Balaban J connectivity index is 1.30. The first-order chi connectivity index (χ1) is 17.0. The second-order valence-corrected chi connectivity index (χ2v) is 11.3. The highest BCUT2D eigenvalue weighted by Crippen LogP contribution is 2.25. The van der Waals surface area contributed by atoms with Gasteiger partial charge in [-0.05, 0) is 50.1 Å². The zero-order valence-corrected chi connectivity index (χ0v) is 21.1. The largest absolute Gasteiger partial charge is 0.336 e. The van der Waals surface area contributed by atoms with E-state index in [0.29, 0.717) is 37.6 Å². The summed E-state index contributed by atoms with van der Waals surface area (Å²) in [5.74, 6) is 1.01. The van der Waals surface area contributed by atoms with Crippen LogP contribution in [0.2, 0.25) is 0 Å². The summed E-state index contributed by atoms with van der Waals surface area (Å²) >= 11 is 0. The van der Waals surface area contributed by atoms with E-state index in [1.165, 1.54) is 0 Å². The maximum atomic E-state index is 13.1. The average Bonchev–Trinajstić information content (AvgIpc) is 3.25. The van der Waals surface area contributed by atoms with Crippen molar-refractivity contribution in [2.45, 2.75) is 44.2 Å². The van der Waals surface area contributed by atoms with Crippen LogP contribution in [0.3, 0.4) is 0 Å². The van der Waals surface area contributed by atoms with Gasteiger partial charge in [0.1, 0.15) is 5.82 Å². The molecule has 35 heavy (non-hydrogen) atoms. The van der Waals surface area contributed by atoms with Gasteiger partial charge in [-0.2, -0.15) is 4.31 Å². The molecule has 2 aliphatic heterocycles. The standard InChI is InChI=1S/C26H33N5O3S/c1-2-31-24-12-11-22(35(33,34)30-13-7-4-8-14-30)19-23(24)27-25(31)20-28-15-17-29(18-16-28)26(32)21-9-5-3-6-10-21/h3,5-6,9-12,19H,2,4,7-8,13-18,20H2,1H3. The van der Waals surface area contributed by atoms with Gasteiger partial charge in [0, 0.05) is 51.4 Å². The third-order valence-corrected chi connectivity index (χ3v) is 9.01. The molecule has 186 valence electrons. The molecule has 8 nitrogen and oxygen atoms in total. The number of piperazine rings is 1. The lowest BCUT2D eigenvalue weighted by Crippen LogP contribution is -2.48. The summed E-state index contributed by atoms with van der Waals surface area (Å²) in [5, 5.41) is 0. The van der Waals surface area contributed by atoms with Crippen LogP contribution in [0, 0.1) is 0 Å². The summed E-state index contributed by atoms with van der Waals surface area (Å²) in [7, 11) is -3.49. The number of fused-ring (bicyclic) bond motifs is 1. The van der Waals surface area contributed by atoms with Gasteiger partial charge < -0.3 is 9.47 Å². The molecule has 1 aromatic heterocycles. The molecule has 2 saturated heterocycles. The van der Waals surface area contributed by atoms with Crippen molar-refractivity contribution in [3.05, 3.63) is 59.9 Å². The SMILES string of the molecule is CCn1c(CN2CCN(C(=O)c3ccccc3)CC2)nc2cc(S(=O)(=O)N3CCCCC3)ccc21. The lowest BCUT2D eigenvalue weighted by atomic mass is 10.2. The van der Waals surface area contributed by atoms with Gasteiger partial charge in [0.15, 0.2) is 0 Å². The summed E-state index contributed by atoms with van der Waals surface area (Å²) in [6.45, 7) is 7.61. The molecular formula is C26H33N5O3S. The molecule has 0 saturated carbocycles. The molecule has 0 bridgehead atoms. The highest BCUT2D eigenvalue weighted by Gasteiger charge is 2.27. The molecule has 0 aliphatic carbocycles. The van der Waals surface area contributed by atoms with Crippen molar-refractivity contribution in [2.75, 3.05) is 39.3 Å². The number of nitrogens with zero attached hydrogens (tertiary/aromatic N) is 5. The Labute approximate surface area is 207 Å². The number of hydrogen-bond donors (Lipinski definition) is 0. The highest BCUT2D eigenvalue weighted by molar-refractivity contribution is 7.89. The van der Waals surface area contributed by atoms with Crippen LogP contribution in [0.4, 0.5) is 0 Å². The molecule has 5 rings (SSSR count). The molecule has 0 spiro atoms. The topological polar surface area (TPSA) is 78.8 Å². The Hall–Kier alpha value is -2.75. The molecule has 2 fully saturated rings. The van der Waals surface area contributed by atoms with Crippen molar-refractivity contribution in [2.24, 2.45) is 0 Å². The van der Waals surface area contributed by atoms with E-state index in [9.17, 15) is 13.2 Å². The summed E-state index contributed by atoms with van der Waals surface area (Å²) < 4.78 is 30.1. The maximum Gasteiger partial charge on any atom is 0.253 e. The summed E-state index contributed by atoms with van der Waals surface area (Å²) in [5.41, 5.74) is 2.40. The number of piperidine rings is 1. The van der Waals surface area contributed by atoms with Crippen molar-refractivity contribution in [3.8, 4) is 0 Å². The molecule has 2 aromatic carbocycles. The zero-order chi connectivity index (χ0) is 24.4. The molecule has 0 unspecified atom stereocenters. The molecule has 3 heterocycles. The number of amides is 1. The van der Waals surface area contributed by atoms with E-state index < -0.39 is 10.0 Å². The minimum absolute atomic E-state index is 0.0773. The fourth-order valence-corrected chi connectivity index (χ4v) is 6.66. The van der Waals surface area contributed by atoms with Crippen molar-refractivity contribution >= 4 is 27.0 Å². The first-order valence-electron chi connectivity index (χ1n) is 12.5. The van der Waals surface area contributed by atoms with Gasteiger partial charge in [0.25, 0.3) is 5.91 Å². The summed E-state index contributed by atoms with van der Waals surface area (Å²) in [4.78, 5) is 22.2. The molecule has 0 radical (unpaired) electrons. The smallest absolute Gasteiger partial charge is 0.253 e. The van der Waals surface area contributed by atoms with Crippen LogP contribution in [0.25, 0.3) is 11.0 Å². The van der Waals surface area contributed by atoms with E-state index in [1.807, 2.05) is 41.3 Å². The number of aromatic nitrogens is 2. The average molecular weight is 496 g/mol. The molecule has 0 atom stereocenters. The lowest BCUT2D eigenvalue weighted by molar-refractivity contribution is 0.0624. The van der Waals surface area contributed by atoms with E-state index in [0.717, 1.165) is 61.3 Å². The molecule has 1 amide bonds. The van der Waals surface area contributed by atoms with Gasteiger partial charge in [-0.1, -0.05) is 24.6 Å². The highest BCUT2D eigenvalue weighted by atomic mass is 32.2. The van der Waals surface area contributed by atoms with Crippen LogP contribution < -0.4 is 0 Å². The number of carbonyl (C=O) groups is 1. The number of benzene rings is 2. The third-order valence-electron chi connectivity index (χ3n) is 7.11. The van der Waals surface area contributed by atoms with E-state index in [2.05, 4.69) is 16.4 Å². The quantitative estimate of drug-likeness (QED) is 0.525. The number of aryl methyl sites for hydroxylation is 1. The van der Waals surface area contributed by atoms with Crippen LogP contribution in [-0.2, 0) is 23.1 Å². The second-order valence-electron chi connectivity index (χ2n) is 9.32. The predicted octanol–water partition coefficient (Wildman–Crippen LogP) is 3.19. The Bertz CT molecular complexity index is 1290. The molecule has 2 aliphatic rings. The van der Waals surface area contributed by atoms with Crippen LogP contribution >= 0.6 is 0 Å². The Kier molecular flexibility index (Phi) is 6.91. The van der Waals surface area contributed by atoms with Crippen molar-refractivity contribution in [1.82, 2.24) is 23.7 Å². The third kappa shape index (κ3) is 4.85. The van der Waals surface area contributed by atoms with E-state index in [-0.39, 0.29) is 5.91 Å². The number of sulfonamides is 1. The summed E-state index contributed by atoms with van der Waals surface area (Å²) in [6.07, 6.45) is 2.92. The minimum atomic E-state index is -3.49. The fraction of sp³-hybridized carbons (Fsp3) is 0.462. The van der Waals surface area contributed by atoms with E-state index in [1.54, 1.807) is 16.4 Å². The monoisotopic (exact) mass is 495 g/mol. The maximum absolute atomic E-state index is 13.1. The minimum Gasteiger partial charge on any atom is -0.336 e. The van der Waals surface area contributed by atoms with Gasteiger partial charge in [0.05, 0.1) is 22.5 Å². The fourth-order valence-electron chi connectivity index (χ4n) is 5.12. The van der Waals surface area contributed by atoms with Crippen LogP contribution in [0.15, 0.2) is 53.4 Å². The first kappa shape index (κ1) is 24.0. The first-order valence-corrected chi connectivity index (χ1v) is 14.0. The van der Waals surface area contributed by atoms with Crippen molar-refractivity contribution in [1.29, 1.82) is 0 Å². The van der Waals surface area contributed by atoms with E-state index >= 15 is 0 Å². The number of hydrogen-bond acceptors (Lipinski definition) is 5. The zero-order valence-electron chi connectivity index (χ0n) is 20.3. The summed E-state index contributed by atoms with van der Waals surface area (Å²) in [6, 6.07) is 14.8. The molecule has 3 aromatic rings. The second kappa shape index (κ2) is 10.1. The van der Waals surface area contributed by atoms with Gasteiger partial charge in [-0.25, -0.2) is 13.4 Å². The Morgan fingerprint density at radius 1 is 0.914 bits per heavy atom. The van der Waals surface area contributed by atoms with E-state index in [4.69, 9.17) is 4.98 Å². The van der Waals surface area contributed by atoms with Crippen LogP contribution in [0.5, 0.6) is 0 Å². The Morgan fingerprint density at radius 2 is 1.63 bits per heavy atom. The van der Waals surface area contributed by atoms with Gasteiger partial charge in [-0.3, -0.25) is 9.69 Å². The van der Waals surface area contributed by atoms with Crippen molar-refractivity contribution in [3.63, 3.8) is 0 Å². The Morgan fingerprint density at radius 3 is 2.31 bits per heavy atom. The number of imidazole rings is 1. The van der Waals surface area contributed by atoms with Gasteiger partial charge in [-0.15, -0.1) is 0 Å². The number of carbonyl (C=O) groups excluding carboxylic acids is 1. The van der Waals surface area contributed by atoms with Gasteiger partial charge in [0.2, 0.25) is 10.0 Å².